The van der Waals surface area contributed by atoms with Gasteiger partial charge in [-0.15, -0.1) is 0 Å². The van der Waals surface area contributed by atoms with Gasteiger partial charge in [-0.25, -0.2) is 0 Å². The van der Waals surface area contributed by atoms with Gasteiger partial charge in [0.2, 0.25) is 0 Å². The molecular formula is C12H19NO2. The molecule has 0 bridgehead atoms. The average Bonchev–Trinajstić information content (AvgIpc) is 2.29. The molecule has 1 atom stereocenters. The first kappa shape index (κ1) is 12.0. The van der Waals surface area contributed by atoms with Crippen molar-refractivity contribution in [2.45, 2.75) is 19.4 Å². The van der Waals surface area contributed by atoms with Crippen LogP contribution in [0, 0.1) is 0 Å². The molecule has 84 valence electrons. The van der Waals surface area contributed by atoms with E-state index in [1.807, 2.05) is 24.3 Å². The van der Waals surface area contributed by atoms with Crippen LogP contribution in [0.4, 0.5) is 0 Å². The minimum atomic E-state index is -0.0229. The van der Waals surface area contributed by atoms with Crippen LogP contribution in [0.15, 0.2) is 24.3 Å². The molecule has 3 heteroatoms. The Hall–Kier alpha value is -1.06. The first-order valence-electron chi connectivity index (χ1n) is 5.27. The van der Waals surface area contributed by atoms with E-state index in [-0.39, 0.29) is 6.10 Å². The molecule has 0 aromatic heterocycles. The predicted octanol–water partition coefficient (Wildman–Crippen LogP) is 2.12. The summed E-state index contributed by atoms with van der Waals surface area (Å²) >= 11 is 0. The molecule has 3 nitrogen and oxygen atoms in total. The summed E-state index contributed by atoms with van der Waals surface area (Å²) in [5.41, 5.74) is 6.66. The first-order valence-corrected chi connectivity index (χ1v) is 5.27. The molecule has 1 aromatic rings. The lowest BCUT2D eigenvalue weighted by Crippen LogP contribution is -2.13. The number of hydrogen-bond donors (Lipinski definition) is 1. The Morgan fingerprint density at radius 3 is 2.40 bits per heavy atom. The summed E-state index contributed by atoms with van der Waals surface area (Å²) in [6, 6.07) is 7.89. The molecule has 0 radical (unpaired) electrons. The van der Waals surface area contributed by atoms with E-state index in [1.54, 1.807) is 7.11 Å². The van der Waals surface area contributed by atoms with Crippen LogP contribution in [0.5, 0.6) is 5.75 Å². The maximum atomic E-state index is 5.58. The molecule has 15 heavy (non-hydrogen) atoms. The van der Waals surface area contributed by atoms with Gasteiger partial charge in [-0.05, 0) is 24.1 Å². The third-order valence-electron chi connectivity index (χ3n) is 2.22. The number of hydrogen-bond acceptors (Lipinski definition) is 3. The highest BCUT2D eigenvalue weighted by Crippen LogP contribution is 2.19. The van der Waals surface area contributed by atoms with Crippen molar-refractivity contribution in [2.24, 2.45) is 5.73 Å². The smallest absolute Gasteiger partial charge is 0.119 e. The van der Waals surface area contributed by atoms with Crippen molar-refractivity contribution < 1.29 is 9.47 Å². The van der Waals surface area contributed by atoms with Gasteiger partial charge in [-0.3, -0.25) is 0 Å². The molecule has 0 spiro atoms. The normalized spacial score (nSPS) is 12.5. The van der Waals surface area contributed by atoms with E-state index in [2.05, 4.69) is 6.92 Å². The standard InChI is InChI=1S/C12H19NO2/c1-3-8-15-11-6-4-10(5-7-11)12(9-13)14-2/h4-7,12H,3,8-9,13H2,1-2H3. The zero-order valence-electron chi connectivity index (χ0n) is 9.40. The lowest BCUT2D eigenvalue weighted by molar-refractivity contribution is 0.110. The van der Waals surface area contributed by atoms with Gasteiger partial charge in [-0.2, -0.15) is 0 Å². The molecule has 0 aliphatic rings. The van der Waals surface area contributed by atoms with Gasteiger partial charge >= 0.3 is 0 Å². The lowest BCUT2D eigenvalue weighted by atomic mass is 10.1. The molecule has 1 unspecified atom stereocenters. The lowest BCUT2D eigenvalue weighted by Gasteiger charge is -2.13. The summed E-state index contributed by atoms with van der Waals surface area (Å²) in [6.07, 6.45) is 0.996. The molecule has 0 aliphatic carbocycles. The monoisotopic (exact) mass is 209 g/mol. The van der Waals surface area contributed by atoms with E-state index < -0.39 is 0 Å². The second-order valence-corrected chi connectivity index (χ2v) is 3.38. The molecule has 1 aromatic carbocycles. The fourth-order valence-corrected chi connectivity index (χ4v) is 1.37. The molecule has 0 aliphatic heterocycles. The summed E-state index contributed by atoms with van der Waals surface area (Å²) in [6.45, 7) is 3.33. The predicted molar refractivity (Wildman–Crippen MR) is 61.0 cm³/mol. The minimum Gasteiger partial charge on any atom is -0.494 e. The fourth-order valence-electron chi connectivity index (χ4n) is 1.37. The SMILES string of the molecule is CCCOc1ccc(C(CN)OC)cc1. The topological polar surface area (TPSA) is 44.5 Å². The van der Waals surface area contributed by atoms with Crippen LogP contribution in [0.1, 0.15) is 25.0 Å². The highest BCUT2D eigenvalue weighted by Gasteiger charge is 2.07. The molecule has 0 saturated heterocycles. The molecule has 0 fully saturated rings. The number of nitrogens with two attached hydrogens (primary N) is 1. The van der Waals surface area contributed by atoms with Crippen molar-refractivity contribution in [2.75, 3.05) is 20.3 Å². The highest BCUT2D eigenvalue weighted by atomic mass is 16.5. The first-order chi connectivity index (χ1) is 7.31. The van der Waals surface area contributed by atoms with Crippen LogP contribution in [0.25, 0.3) is 0 Å². The van der Waals surface area contributed by atoms with Crippen LogP contribution >= 0.6 is 0 Å². The van der Waals surface area contributed by atoms with Crippen LogP contribution in [-0.2, 0) is 4.74 Å². The Kier molecular flexibility index (Phi) is 5.15. The number of methoxy groups -OCH3 is 1. The Bertz CT molecular complexity index is 267. The molecular weight excluding hydrogens is 190 g/mol. The summed E-state index contributed by atoms with van der Waals surface area (Å²) in [5, 5.41) is 0. The van der Waals surface area contributed by atoms with E-state index in [0.29, 0.717) is 6.54 Å². The van der Waals surface area contributed by atoms with Gasteiger partial charge in [0, 0.05) is 13.7 Å². The van der Waals surface area contributed by atoms with Crippen molar-refractivity contribution in [1.29, 1.82) is 0 Å². The van der Waals surface area contributed by atoms with Crippen molar-refractivity contribution in [3.05, 3.63) is 29.8 Å². The van der Waals surface area contributed by atoms with Gasteiger partial charge in [0.25, 0.3) is 0 Å². The third kappa shape index (κ3) is 3.53. The zero-order valence-corrected chi connectivity index (χ0v) is 9.40. The van der Waals surface area contributed by atoms with Gasteiger partial charge in [0.15, 0.2) is 0 Å². The number of rotatable bonds is 6. The highest BCUT2D eigenvalue weighted by molar-refractivity contribution is 5.28. The summed E-state index contributed by atoms with van der Waals surface area (Å²) in [4.78, 5) is 0. The summed E-state index contributed by atoms with van der Waals surface area (Å²) < 4.78 is 10.7. The van der Waals surface area contributed by atoms with Gasteiger partial charge in [0.05, 0.1) is 12.7 Å². The minimum absolute atomic E-state index is 0.0229. The van der Waals surface area contributed by atoms with Crippen LogP contribution in [0.3, 0.4) is 0 Å². The molecule has 0 saturated carbocycles. The maximum absolute atomic E-state index is 5.58. The second-order valence-electron chi connectivity index (χ2n) is 3.38. The van der Waals surface area contributed by atoms with Crippen molar-refractivity contribution in [3.8, 4) is 5.75 Å². The van der Waals surface area contributed by atoms with Crippen LogP contribution in [-0.4, -0.2) is 20.3 Å². The van der Waals surface area contributed by atoms with Gasteiger partial charge < -0.3 is 15.2 Å². The van der Waals surface area contributed by atoms with Crippen LogP contribution in [0.2, 0.25) is 0 Å². The van der Waals surface area contributed by atoms with Crippen LogP contribution < -0.4 is 10.5 Å². The average molecular weight is 209 g/mol. The van der Waals surface area contributed by atoms with E-state index >= 15 is 0 Å². The van der Waals surface area contributed by atoms with Crippen molar-refractivity contribution >= 4 is 0 Å². The molecule has 0 amide bonds. The Morgan fingerprint density at radius 1 is 1.27 bits per heavy atom. The van der Waals surface area contributed by atoms with Gasteiger partial charge in [-0.1, -0.05) is 19.1 Å². The molecule has 1 rings (SSSR count). The van der Waals surface area contributed by atoms with E-state index in [4.69, 9.17) is 15.2 Å². The Morgan fingerprint density at radius 2 is 1.93 bits per heavy atom. The maximum Gasteiger partial charge on any atom is 0.119 e. The quantitative estimate of drug-likeness (QED) is 0.780. The number of benzene rings is 1. The van der Waals surface area contributed by atoms with E-state index in [0.717, 1.165) is 24.3 Å². The van der Waals surface area contributed by atoms with Gasteiger partial charge in [0.1, 0.15) is 5.75 Å². The zero-order chi connectivity index (χ0) is 11.1. The molecule has 2 N–H and O–H groups in total. The fraction of sp³-hybridized carbons (Fsp3) is 0.500. The van der Waals surface area contributed by atoms with Crippen molar-refractivity contribution in [3.63, 3.8) is 0 Å². The Labute approximate surface area is 91.2 Å². The largest absolute Gasteiger partial charge is 0.494 e. The van der Waals surface area contributed by atoms with Crippen molar-refractivity contribution in [1.82, 2.24) is 0 Å². The Balaban J connectivity index is 2.62. The molecule has 0 heterocycles. The second kappa shape index (κ2) is 6.43. The number of ether oxygens (including phenoxy) is 2. The summed E-state index contributed by atoms with van der Waals surface area (Å²) in [7, 11) is 1.67. The third-order valence-corrected chi connectivity index (χ3v) is 2.22. The summed E-state index contributed by atoms with van der Waals surface area (Å²) in [5.74, 6) is 0.896. The van der Waals surface area contributed by atoms with E-state index in [9.17, 15) is 0 Å². The van der Waals surface area contributed by atoms with E-state index in [1.165, 1.54) is 0 Å².